The third-order valence-electron chi connectivity index (χ3n) is 5.01. The molecule has 1 fully saturated rings. The minimum Gasteiger partial charge on any atom is -0.478 e. The van der Waals surface area contributed by atoms with Gasteiger partial charge in [0, 0.05) is 0 Å². The molecule has 0 saturated heterocycles. The summed E-state index contributed by atoms with van der Waals surface area (Å²) in [5.41, 5.74) is 1.43. The van der Waals surface area contributed by atoms with Crippen LogP contribution in [0.3, 0.4) is 0 Å². The highest BCUT2D eigenvalue weighted by Crippen LogP contribution is 2.42. The van der Waals surface area contributed by atoms with Crippen molar-refractivity contribution in [3.63, 3.8) is 0 Å². The van der Waals surface area contributed by atoms with Gasteiger partial charge in [-0.05, 0) is 42.9 Å². The van der Waals surface area contributed by atoms with Crippen LogP contribution in [0.25, 0.3) is 0 Å². The Hall–Kier alpha value is -0.136. The number of rotatable bonds is 5. The Labute approximate surface area is 145 Å². The number of nitrogens with zero attached hydrogens (tertiary/aromatic N) is 1. The lowest BCUT2D eigenvalue weighted by Gasteiger charge is -2.36. The summed E-state index contributed by atoms with van der Waals surface area (Å²) in [6.07, 6.45) is 6.49. The quantitative estimate of drug-likeness (QED) is 0.685. The Kier molecular flexibility index (Phi) is 5.54. The van der Waals surface area contributed by atoms with Crippen molar-refractivity contribution in [2.45, 2.75) is 64.6 Å². The lowest BCUT2D eigenvalue weighted by atomic mass is 10.1. The highest BCUT2D eigenvalue weighted by atomic mass is 28.4. The summed E-state index contributed by atoms with van der Waals surface area (Å²) >= 11 is 0. The summed E-state index contributed by atoms with van der Waals surface area (Å²) in [7, 11) is -3.09. The standard InChI is InChI=1S/C18H32NO2Si2/c1-18(2,3)23(7,8)21-13-14-12-20-17(19-14)15-10-9-11-16(15)22(4,5)6/h9-11,14H,12-13H2,1-8H3/t14-/m1/s1. The zero-order chi connectivity index (χ0) is 17.5. The maximum absolute atomic E-state index is 6.30. The first-order valence-electron chi connectivity index (χ1n) is 8.53. The van der Waals surface area contributed by atoms with Crippen molar-refractivity contribution in [2.75, 3.05) is 13.2 Å². The summed E-state index contributed by atoms with van der Waals surface area (Å²) in [6.45, 7) is 19.8. The Morgan fingerprint density at radius 1 is 1.17 bits per heavy atom. The molecule has 5 heteroatoms. The van der Waals surface area contributed by atoms with Crippen LogP contribution in [0.4, 0.5) is 0 Å². The van der Waals surface area contributed by atoms with Gasteiger partial charge in [0.2, 0.25) is 0 Å². The molecule has 0 N–H and O–H groups in total. The molecule has 3 nitrogen and oxygen atoms in total. The predicted octanol–water partition coefficient (Wildman–Crippen LogP) is 4.46. The van der Waals surface area contributed by atoms with Crippen molar-refractivity contribution in [1.29, 1.82) is 0 Å². The van der Waals surface area contributed by atoms with Crippen LogP contribution < -0.4 is 0 Å². The van der Waals surface area contributed by atoms with Crippen molar-refractivity contribution in [1.82, 2.24) is 0 Å². The highest BCUT2D eigenvalue weighted by Gasteiger charge is 2.44. The molecule has 0 aromatic rings. The third-order valence-corrected chi connectivity index (χ3v) is 11.6. The molecule has 0 bridgehead atoms. The van der Waals surface area contributed by atoms with E-state index in [0.717, 1.165) is 5.90 Å². The van der Waals surface area contributed by atoms with Gasteiger partial charge in [-0.15, -0.1) is 0 Å². The van der Waals surface area contributed by atoms with Crippen molar-refractivity contribution in [3.8, 4) is 0 Å². The maximum Gasteiger partial charge on any atom is 0.192 e. The van der Waals surface area contributed by atoms with E-state index in [2.05, 4.69) is 72.8 Å². The van der Waals surface area contributed by atoms with Gasteiger partial charge in [0.15, 0.2) is 14.2 Å². The molecule has 2 aliphatic rings. The van der Waals surface area contributed by atoms with Crippen molar-refractivity contribution in [3.05, 3.63) is 30.7 Å². The summed E-state index contributed by atoms with van der Waals surface area (Å²) in [6, 6.07) is 0.128. The van der Waals surface area contributed by atoms with E-state index in [9.17, 15) is 0 Å². The monoisotopic (exact) mass is 350 g/mol. The molecule has 0 spiro atoms. The minimum absolute atomic E-state index is 0.128. The van der Waals surface area contributed by atoms with Crippen LogP contribution in [0, 0.1) is 30.7 Å². The number of hydrogen-bond acceptors (Lipinski definition) is 3. The normalized spacial score (nSPS) is 24.9. The van der Waals surface area contributed by atoms with Gasteiger partial charge in [0.1, 0.15) is 12.6 Å². The van der Waals surface area contributed by atoms with E-state index >= 15 is 0 Å². The second kappa shape index (κ2) is 6.64. The summed E-state index contributed by atoms with van der Waals surface area (Å²) in [5.74, 6) is 2.01. The first-order valence-corrected chi connectivity index (χ1v) is 14.9. The third kappa shape index (κ3) is 4.48. The SMILES string of the molecule is CC(C)(C)[Si](C)(C)OC[C@H]1COC([C]2[CH][CH][CH][C]2[Si](C)(C)C)=N1. The predicted molar refractivity (Wildman–Crippen MR) is 103 cm³/mol. The van der Waals surface area contributed by atoms with Gasteiger partial charge in [-0.3, -0.25) is 0 Å². The molecule has 2 rings (SSSR count). The fourth-order valence-corrected chi connectivity index (χ4v) is 5.07. The van der Waals surface area contributed by atoms with Crippen LogP contribution in [-0.2, 0) is 9.16 Å². The van der Waals surface area contributed by atoms with Gasteiger partial charge in [-0.2, -0.15) is 0 Å². The average molecular weight is 351 g/mol. The smallest absolute Gasteiger partial charge is 0.192 e. The molecule has 1 heterocycles. The van der Waals surface area contributed by atoms with E-state index in [-0.39, 0.29) is 11.1 Å². The van der Waals surface area contributed by atoms with E-state index in [1.54, 1.807) is 0 Å². The van der Waals surface area contributed by atoms with Crippen LogP contribution in [-0.4, -0.2) is 41.5 Å². The van der Waals surface area contributed by atoms with E-state index in [4.69, 9.17) is 14.2 Å². The Bertz CT molecular complexity index is 449. The first kappa shape index (κ1) is 19.2. The molecule has 129 valence electrons. The first-order chi connectivity index (χ1) is 10.4. The summed E-state index contributed by atoms with van der Waals surface area (Å²) in [4.78, 5) is 4.80. The molecule has 1 saturated carbocycles. The fourth-order valence-electron chi connectivity index (χ4n) is 2.43. The maximum atomic E-state index is 6.30. The van der Waals surface area contributed by atoms with E-state index in [1.165, 1.54) is 11.5 Å². The molecule has 5 radical (unpaired) electrons. The van der Waals surface area contributed by atoms with Crippen LogP contribution >= 0.6 is 0 Å². The van der Waals surface area contributed by atoms with Crippen LogP contribution in [0.5, 0.6) is 0 Å². The molecular weight excluding hydrogens is 318 g/mol. The Balaban J connectivity index is 1.96. The summed E-state index contributed by atoms with van der Waals surface area (Å²) < 4.78 is 12.2. The van der Waals surface area contributed by atoms with E-state index in [1.807, 2.05) is 0 Å². The topological polar surface area (TPSA) is 30.8 Å². The van der Waals surface area contributed by atoms with Crippen molar-refractivity contribution < 1.29 is 9.16 Å². The fraction of sp³-hybridized carbons (Fsp3) is 0.667. The second-order valence-electron chi connectivity index (χ2n) is 9.07. The molecule has 1 atom stereocenters. The van der Waals surface area contributed by atoms with Crippen LogP contribution in [0.15, 0.2) is 4.99 Å². The van der Waals surface area contributed by atoms with Gasteiger partial charge in [0.05, 0.1) is 20.6 Å². The lowest BCUT2D eigenvalue weighted by Crippen LogP contribution is -2.42. The zero-order valence-corrected chi connectivity index (χ0v) is 18.0. The Morgan fingerprint density at radius 3 is 2.39 bits per heavy atom. The van der Waals surface area contributed by atoms with Gasteiger partial charge in [0.25, 0.3) is 0 Å². The average Bonchev–Trinajstić information content (AvgIpc) is 3.03. The second-order valence-corrected chi connectivity index (χ2v) is 18.9. The van der Waals surface area contributed by atoms with Gasteiger partial charge in [-0.1, -0.05) is 40.4 Å². The molecule has 0 aromatic carbocycles. The molecule has 0 aromatic heterocycles. The van der Waals surface area contributed by atoms with Crippen LogP contribution in [0.1, 0.15) is 20.8 Å². The molecule has 1 aliphatic heterocycles. The van der Waals surface area contributed by atoms with Crippen molar-refractivity contribution >= 4 is 22.3 Å². The lowest BCUT2D eigenvalue weighted by molar-refractivity contribution is 0.227. The van der Waals surface area contributed by atoms with Crippen molar-refractivity contribution in [2.24, 2.45) is 4.99 Å². The highest BCUT2D eigenvalue weighted by molar-refractivity contribution is 6.83. The number of hydrogen-bond donors (Lipinski definition) is 0. The summed E-state index contributed by atoms with van der Waals surface area (Å²) in [5, 5.41) is 0.232. The van der Waals surface area contributed by atoms with Gasteiger partial charge >= 0.3 is 0 Å². The molecule has 0 amide bonds. The van der Waals surface area contributed by atoms with Gasteiger partial charge < -0.3 is 9.16 Å². The largest absolute Gasteiger partial charge is 0.478 e. The zero-order valence-electron chi connectivity index (χ0n) is 16.0. The van der Waals surface area contributed by atoms with E-state index < -0.39 is 16.4 Å². The minimum atomic E-state index is -1.72. The molecular formula is C18H32NO2Si2. The van der Waals surface area contributed by atoms with Crippen LogP contribution in [0.2, 0.25) is 37.8 Å². The Morgan fingerprint density at radius 2 is 1.83 bits per heavy atom. The molecule has 0 unspecified atom stereocenters. The van der Waals surface area contributed by atoms with E-state index in [0.29, 0.717) is 13.2 Å². The molecule has 23 heavy (non-hydrogen) atoms. The molecule has 1 aliphatic carbocycles. The number of ether oxygens (including phenoxy) is 1. The number of aliphatic imine (C=N–C) groups is 1. The van der Waals surface area contributed by atoms with Gasteiger partial charge in [-0.25, -0.2) is 4.99 Å².